The number of imidazole rings is 1. The number of nitrogens with zero attached hydrogens (tertiary/aromatic N) is 4. The van der Waals surface area contributed by atoms with E-state index in [4.69, 9.17) is 0 Å². The topological polar surface area (TPSA) is 40.9 Å². The molecule has 31 heavy (non-hydrogen) atoms. The number of pyridine rings is 1. The molecule has 4 rings (SSSR count). The zero-order valence-electron chi connectivity index (χ0n) is 19.2. The zero-order chi connectivity index (χ0) is 22.1. The Bertz CT molecular complexity index is 1140. The molecule has 0 spiro atoms. The fourth-order valence-corrected chi connectivity index (χ4v) is 4.25. The molecule has 0 N–H and O–H groups in total. The van der Waals surface area contributed by atoms with Gasteiger partial charge in [0.05, 0.1) is 5.69 Å². The third-order valence-corrected chi connectivity index (χ3v) is 6.38. The van der Waals surface area contributed by atoms with Gasteiger partial charge >= 0.3 is 0 Å². The van der Waals surface area contributed by atoms with Gasteiger partial charge in [-0.3, -0.25) is 4.79 Å². The van der Waals surface area contributed by atoms with Gasteiger partial charge in [0.1, 0.15) is 5.65 Å². The Balaban J connectivity index is 1.68. The molecule has 2 aromatic heterocycles. The Morgan fingerprint density at radius 2 is 1.97 bits per heavy atom. The lowest BCUT2D eigenvalue weighted by Crippen LogP contribution is -2.50. The number of rotatable bonds is 5. The van der Waals surface area contributed by atoms with Crippen molar-refractivity contribution >= 4 is 28.8 Å². The molecule has 0 radical (unpaired) electrons. The van der Waals surface area contributed by atoms with Gasteiger partial charge in [0, 0.05) is 61.3 Å². The summed E-state index contributed by atoms with van der Waals surface area (Å²) in [6.45, 7) is 11.5. The summed E-state index contributed by atoms with van der Waals surface area (Å²) in [6, 6.07) is 11.1. The lowest BCUT2D eigenvalue weighted by atomic mass is 9.96. The summed E-state index contributed by atoms with van der Waals surface area (Å²) in [5.74, 6) is 0.146. The van der Waals surface area contributed by atoms with Gasteiger partial charge in [-0.15, -0.1) is 0 Å². The van der Waals surface area contributed by atoms with E-state index in [1.807, 2.05) is 48.9 Å². The van der Waals surface area contributed by atoms with Gasteiger partial charge in [0.25, 0.3) is 0 Å². The number of carbonyl (C=O) groups is 1. The molecular formula is C26H32N4O. The molecule has 0 bridgehead atoms. The van der Waals surface area contributed by atoms with E-state index in [1.54, 1.807) is 0 Å². The number of carbonyl (C=O) groups excluding carboxylic acids is 1. The van der Waals surface area contributed by atoms with E-state index in [1.165, 1.54) is 11.3 Å². The molecule has 0 unspecified atom stereocenters. The van der Waals surface area contributed by atoms with E-state index < -0.39 is 0 Å². The molecule has 0 amide bonds. The van der Waals surface area contributed by atoms with Crippen LogP contribution >= 0.6 is 0 Å². The summed E-state index contributed by atoms with van der Waals surface area (Å²) < 4.78 is 1.99. The van der Waals surface area contributed by atoms with Gasteiger partial charge in [-0.05, 0) is 69.3 Å². The van der Waals surface area contributed by atoms with Crippen LogP contribution in [-0.2, 0) is 4.79 Å². The number of aromatic nitrogens is 2. The summed E-state index contributed by atoms with van der Waals surface area (Å²) in [6.07, 6.45) is 6.51. The standard InChI is InChI=1S/C26H32N4O/c1-6-25(31)24(22-8-10-26-27-19(3)15-30(26)17-22)14-21-7-9-23(13-18(21)2)29-12-11-28(5)20(4)16-29/h7-10,13-15,17,20H,6,11-12,16H2,1-5H3/b24-14-/t20-/m1/s1. The van der Waals surface area contributed by atoms with Crippen LogP contribution < -0.4 is 4.90 Å². The van der Waals surface area contributed by atoms with Crippen molar-refractivity contribution in [3.63, 3.8) is 0 Å². The predicted octanol–water partition coefficient (Wildman–Crippen LogP) is 4.61. The maximum atomic E-state index is 12.8. The maximum absolute atomic E-state index is 12.8. The Labute approximate surface area is 185 Å². The number of hydrogen-bond donors (Lipinski definition) is 0. The van der Waals surface area contributed by atoms with E-state index >= 15 is 0 Å². The van der Waals surface area contributed by atoms with Gasteiger partial charge < -0.3 is 14.2 Å². The van der Waals surface area contributed by atoms with Crippen LogP contribution in [0.5, 0.6) is 0 Å². The maximum Gasteiger partial charge on any atom is 0.163 e. The summed E-state index contributed by atoms with van der Waals surface area (Å²) in [7, 11) is 2.19. The Morgan fingerprint density at radius 3 is 2.68 bits per heavy atom. The van der Waals surface area contributed by atoms with Crippen LogP contribution in [0.25, 0.3) is 17.3 Å². The van der Waals surface area contributed by atoms with Gasteiger partial charge in [-0.25, -0.2) is 4.98 Å². The van der Waals surface area contributed by atoms with Crippen molar-refractivity contribution in [1.82, 2.24) is 14.3 Å². The van der Waals surface area contributed by atoms with Crippen LogP contribution in [-0.4, -0.2) is 52.8 Å². The molecular weight excluding hydrogens is 384 g/mol. The first-order valence-electron chi connectivity index (χ1n) is 11.1. The molecule has 162 valence electrons. The van der Waals surface area contributed by atoms with Crippen molar-refractivity contribution in [2.75, 3.05) is 31.6 Å². The molecule has 1 aliphatic heterocycles. The van der Waals surface area contributed by atoms with Crippen LogP contribution in [0.2, 0.25) is 0 Å². The number of allylic oxidation sites excluding steroid dienone is 1. The van der Waals surface area contributed by atoms with Crippen molar-refractivity contribution in [1.29, 1.82) is 0 Å². The fourth-order valence-electron chi connectivity index (χ4n) is 4.25. The molecule has 3 heterocycles. The van der Waals surface area contributed by atoms with Crippen LogP contribution in [0.4, 0.5) is 5.69 Å². The molecule has 0 saturated carbocycles. The normalized spacial score (nSPS) is 18.0. The largest absolute Gasteiger partial charge is 0.369 e. The first kappa shape index (κ1) is 21.3. The minimum atomic E-state index is 0.146. The third kappa shape index (κ3) is 4.42. The Hall–Kier alpha value is -2.92. The van der Waals surface area contributed by atoms with Gasteiger partial charge in [0.2, 0.25) is 0 Å². The molecule has 5 heteroatoms. The molecule has 1 aliphatic rings. The first-order valence-corrected chi connectivity index (χ1v) is 11.1. The lowest BCUT2D eigenvalue weighted by Gasteiger charge is -2.39. The number of ketones is 1. The first-order chi connectivity index (χ1) is 14.9. The van der Waals surface area contributed by atoms with Crippen LogP contribution in [0.3, 0.4) is 0 Å². The fraction of sp³-hybridized carbons (Fsp3) is 0.385. The minimum Gasteiger partial charge on any atom is -0.369 e. The monoisotopic (exact) mass is 416 g/mol. The second kappa shape index (κ2) is 8.67. The SMILES string of the molecule is CCC(=O)/C(=C\c1ccc(N2CCN(C)[C@H](C)C2)cc1C)c1ccc2nc(C)cn2c1. The number of anilines is 1. The smallest absolute Gasteiger partial charge is 0.163 e. The highest BCUT2D eigenvalue weighted by Gasteiger charge is 2.21. The number of piperazine rings is 1. The number of hydrogen-bond acceptors (Lipinski definition) is 4. The number of fused-ring (bicyclic) bond motifs is 1. The van der Waals surface area contributed by atoms with E-state index in [0.29, 0.717) is 12.5 Å². The summed E-state index contributed by atoms with van der Waals surface area (Å²) >= 11 is 0. The number of Topliss-reactive ketones (excluding diaryl/α,β-unsaturated/α-hetero) is 1. The highest BCUT2D eigenvalue weighted by Crippen LogP contribution is 2.27. The zero-order valence-corrected chi connectivity index (χ0v) is 19.2. The quantitative estimate of drug-likeness (QED) is 0.570. The number of likely N-dealkylation sites (N-methyl/N-ethyl adjacent to an activating group) is 1. The van der Waals surface area contributed by atoms with Crippen LogP contribution in [0, 0.1) is 13.8 Å². The average molecular weight is 417 g/mol. The molecule has 0 aliphatic carbocycles. The van der Waals surface area contributed by atoms with Crippen molar-refractivity contribution in [2.45, 2.75) is 40.2 Å². The van der Waals surface area contributed by atoms with E-state index in [2.05, 4.69) is 53.9 Å². The molecule has 1 fully saturated rings. The molecule has 1 aromatic carbocycles. The van der Waals surface area contributed by atoms with Crippen molar-refractivity contribution in [3.05, 3.63) is 65.1 Å². The summed E-state index contributed by atoms with van der Waals surface area (Å²) in [5, 5.41) is 0. The molecule has 1 saturated heterocycles. The van der Waals surface area contributed by atoms with E-state index in [0.717, 1.165) is 47.7 Å². The van der Waals surface area contributed by atoms with Gasteiger partial charge in [-0.2, -0.15) is 0 Å². The van der Waals surface area contributed by atoms with Crippen molar-refractivity contribution < 1.29 is 4.79 Å². The molecule has 5 nitrogen and oxygen atoms in total. The average Bonchev–Trinajstić information content (AvgIpc) is 3.13. The number of benzene rings is 1. The van der Waals surface area contributed by atoms with Crippen LogP contribution in [0.15, 0.2) is 42.7 Å². The Kier molecular flexibility index (Phi) is 5.96. The highest BCUT2D eigenvalue weighted by atomic mass is 16.1. The molecule has 3 aromatic rings. The number of aryl methyl sites for hydroxylation is 2. The highest BCUT2D eigenvalue weighted by molar-refractivity contribution is 6.25. The van der Waals surface area contributed by atoms with Crippen molar-refractivity contribution in [3.8, 4) is 0 Å². The predicted molar refractivity (Wildman–Crippen MR) is 129 cm³/mol. The van der Waals surface area contributed by atoms with Gasteiger partial charge in [-0.1, -0.05) is 13.0 Å². The Morgan fingerprint density at radius 1 is 1.16 bits per heavy atom. The lowest BCUT2D eigenvalue weighted by molar-refractivity contribution is -0.113. The minimum absolute atomic E-state index is 0.146. The third-order valence-electron chi connectivity index (χ3n) is 6.38. The van der Waals surface area contributed by atoms with Crippen molar-refractivity contribution in [2.24, 2.45) is 0 Å². The second-order valence-corrected chi connectivity index (χ2v) is 8.72. The molecule has 1 atom stereocenters. The van der Waals surface area contributed by atoms with Crippen LogP contribution in [0.1, 0.15) is 42.7 Å². The summed E-state index contributed by atoms with van der Waals surface area (Å²) in [4.78, 5) is 22.2. The second-order valence-electron chi connectivity index (χ2n) is 8.72. The van der Waals surface area contributed by atoms with E-state index in [9.17, 15) is 4.79 Å². The van der Waals surface area contributed by atoms with E-state index in [-0.39, 0.29) is 5.78 Å². The van der Waals surface area contributed by atoms with Gasteiger partial charge in [0.15, 0.2) is 5.78 Å². The summed E-state index contributed by atoms with van der Waals surface area (Å²) in [5.41, 5.74) is 7.07.